The minimum Gasteiger partial charge on any atom is -0.404 e. The topological polar surface area (TPSA) is 109 Å². The lowest BCUT2D eigenvalue weighted by Gasteiger charge is -2.36. The summed E-state index contributed by atoms with van der Waals surface area (Å²) in [5.74, 6) is -2.59. The van der Waals surface area contributed by atoms with E-state index in [4.69, 9.17) is 28.5 Å². The molecule has 1 aliphatic rings. The first-order valence-corrected chi connectivity index (χ1v) is 11.6. The number of amides is 1. The molecular formula is C26H27ClF3N5O. The maximum Gasteiger partial charge on any atom is 0.256 e. The van der Waals surface area contributed by atoms with Gasteiger partial charge in [0.15, 0.2) is 0 Å². The smallest absolute Gasteiger partial charge is 0.256 e. The Kier molecular flexibility index (Phi) is 8.57. The maximum atomic E-state index is 14.4. The Hall–Kier alpha value is -3.59. The van der Waals surface area contributed by atoms with Gasteiger partial charge in [0.05, 0.1) is 22.3 Å². The van der Waals surface area contributed by atoms with Crippen LogP contribution in [0.1, 0.15) is 41.3 Å². The van der Waals surface area contributed by atoms with Crippen molar-refractivity contribution in [1.82, 2.24) is 4.90 Å². The number of allylic oxidation sites excluding steroid dienone is 1. The number of halogens is 4. The Labute approximate surface area is 212 Å². The van der Waals surface area contributed by atoms with Crippen LogP contribution in [-0.2, 0) is 6.42 Å². The summed E-state index contributed by atoms with van der Waals surface area (Å²) in [6, 6.07) is 4.85. The molecule has 6 nitrogen and oxygen atoms in total. The number of carbonyl (C=O) groups excluding carboxylic acids is 1. The fourth-order valence-electron chi connectivity index (χ4n) is 4.27. The predicted molar refractivity (Wildman–Crippen MR) is 136 cm³/mol. The predicted octanol–water partition coefficient (Wildman–Crippen LogP) is 4.75. The van der Waals surface area contributed by atoms with Crippen molar-refractivity contribution < 1.29 is 18.0 Å². The Morgan fingerprint density at radius 2 is 1.83 bits per heavy atom. The number of aryl methyl sites for hydroxylation is 1. The summed E-state index contributed by atoms with van der Waals surface area (Å²) >= 11 is 6.50. The number of benzene rings is 2. The van der Waals surface area contributed by atoms with Gasteiger partial charge in [-0.1, -0.05) is 11.6 Å². The average molecular weight is 518 g/mol. The first kappa shape index (κ1) is 27.0. The molecule has 0 aliphatic carbocycles. The third-order valence-corrected chi connectivity index (χ3v) is 6.65. The molecule has 1 heterocycles. The molecule has 0 fully saturated rings. The largest absolute Gasteiger partial charge is 0.404 e. The quantitative estimate of drug-likeness (QED) is 0.461. The normalized spacial score (nSPS) is 16.9. The van der Waals surface area contributed by atoms with Gasteiger partial charge in [-0.2, -0.15) is 0 Å². The lowest BCUT2D eigenvalue weighted by molar-refractivity contribution is 0.0706. The molecule has 5 N–H and O–H groups in total. The monoisotopic (exact) mass is 517 g/mol. The Morgan fingerprint density at radius 1 is 1.19 bits per heavy atom. The number of nitrogens with one attached hydrogen (secondary N) is 1. The molecule has 10 heteroatoms. The molecule has 190 valence electrons. The summed E-state index contributed by atoms with van der Waals surface area (Å²) < 4.78 is 42.0. The van der Waals surface area contributed by atoms with Gasteiger partial charge in [-0.3, -0.25) is 9.79 Å². The summed E-state index contributed by atoms with van der Waals surface area (Å²) in [5, 5.41) is 7.46. The minimum absolute atomic E-state index is 0.000480. The zero-order chi connectivity index (χ0) is 26.6. The minimum atomic E-state index is -0.739. The summed E-state index contributed by atoms with van der Waals surface area (Å²) in [4.78, 5) is 19.1. The van der Waals surface area contributed by atoms with E-state index in [9.17, 15) is 18.0 Å². The van der Waals surface area contributed by atoms with Crippen LogP contribution in [0.4, 0.5) is 13.2 Å². The molecule has 0 bridgehead atoms. The number of hydrogen-bond donors (Lipinski definition) is 3. The van der Waals surface area contributed by atoms with E-state index in [1.54, 1.807) is 6.92 Å². The van der Waals surface area contributed by atoms with Gasteiger partial charge < -0.3 is 21.8 Å². The van der Waals surface area contributed by atoms with Crippen LogP contribution in [0.25, 0.3) is 0 Å². The van der Waals surface area contributed by atoms with Gasteiger partial charge in [-0.15, -0.1) is 0 Å². The van der Waals surface area contributed by atoms with E-state index in [-0.39, 0.29) is 35.5 Å². The molecule has 0 radical (unpaired) electrons. The average Bonchev–Trinajstić information content (AvgIpc) is 2.83. The van der Waals surface area contributed by atoms with E-state index in [0.717, 1.165) is 18.3 Å². The van der Waals surface area contributed by atoms with Gasteiger partial charge in [0.1, 0.15) is 17.5 Å². The molecule has 1 atom stereocenters. The van der Waals surface area contributed by atoms with Crippen molar-refractivity contribution >= 4 is 29.4 Å². The number of carbonyl (C=O) groups is 1. The van der Waals surface area contributed by atoms with E-state index in [1.807, 2.05) is 0 Å². The lowest BCUT2D eigenvalue weighted by atomic mass is 9.91. The van der Waals surface area contributed by atoms with E-state index >= 15 is 0 Å². The molecule has 36 heavy (non-hydrogen) atoms. The van der Waals surface area contributed by atoms with Gasteiger partial charge in [-0.05, 0) is 67.8 Å². The second-order valence-corrected chi connectivity index (χ2v) is 8.78. The molecular weight excluding hydrogens is 491 g/mol. The highest BCUT2D eigenvalue weighted by molar-refractivity contribution is 6.34. The highest BCUT2D eigenvalue weighted by Gasteiger charge is 2.32. The van der Waals surface area contributed by atoms with Crippen LogP contribution in [0.3, 0.4) is 0 Å². The van der Waals surface area contributed by atoms with Crippen molar-refractivity contribution in [3.05, 3.63) is 92.5 Å². The van der Waals surface area contributed by atoms with Crippen LogP contribution in [-0.4, -0.2) is 42.4 Å². The first-order valence-electron chi connectivity index (χ1n) is 11.2. The molecule has 2 aromatic carbocycles. The summed E-state index contributed by atoms with van der Waals surface area (Å²) in [7, 11) is 1.50. The van der Waals surface area contributed by atoms with Crippen LogP contribution in [0.5, 0.6) is 0 Å². The second kappa shape index (κ2) is 11.4. The first-order chi connectivity index (χ1) is 17.1. The van der Waals surface area contributed by atoms with E-state index in [1.165, 1.54) is 36.3 Å². The lowest BCUT2D eigenvalue weighted by Crippen LogP contribution is -2.46. The van der Waals surface area contributed by atoms with Crippen LogP contribution in [0.2, 0.25) is 5.02 Å². The molecule has 1 aliphatic heterocycles. The molecule has 0 aromatic heterocycles. The molecule has 1 amide bonds. The molecule has 0 spiro atoms. The third-order valence-electron chi connectivity index (χ3n) is 6.20. The van der Waals surface area contributed by atoms with Crippen LogP contribution < -0.4 is 11.5 Å². The van der Waals surface area contributed by atoms with Gasteiger partial charge in [0.25, 0.3) is 5.91 Å². The van der Waals surface area contributed by atoms with Gasteiger partial charge in [0, 0.05) is 42.7 Å². The summed E-state index contributed by atoms with van der Waals surface area (Å²) in [6.07, 6.45) is 3.32. The van der Waals surface area contributed by atoms with Crippen LogP contribution in [0.15, 0.2) is 58.4 Å². The Balaban J connectivity index is 1.92. The SMILES string of the molecule is CN=C(C1=C(N)C(C)N(C(=O)c2cc(F)cc(CC/C(C=N)=C/N)c2Cl)CC1)c1cc(F)cc(F)c1. The van der Waals surface area contributed by atoms with Crippen molar-refractivity contribution in [3.8, 4) is 0 Å². The van der Waals surface area contributed by atoms with Crippen LogP contribution in [0, 0.1) is 22.9 Å². The molecule has 0 saturated heterocycles. The highest BCUT2D eigenvalue weighted by Crippen LogP contribution is 2.30. The van der Waals surface area contributed by atoms with Crippen molar-refractivity contribution in [1.29, 1.82) is 5.41 Å². The van der Waals surface area contributed by atoms with Crippen molar-refractivity contribution in [2.24, 2.45) is 16.5 Å². The van der Waals surface area contributed by atoms with E-state index < -0.39 is 29.4 Å². The fourth-order valence-corrected chi connectivity index (χ4v) is 4.56. The van der Waals surface area contributed by atoms with Crippen LogP contribution >= 0.6 is 11.6 Å². The third kappa shape index (κ3) is 5.62. The van der Waals surface area contributed by atoms with Crippen molar-refractivity contribution in [2.75, 3.05) is 13.6 Å². The number of rotatable bonds is 7. The van der Waals surface area contributed by atoms with Gasteiger partial charge in [-0.25, -0.2) is 13.2 Å². The maximum absolute atomic E-state index is 14.4. The zero-order valence-corrected chi connectivity index (χ0v) is 20.7. The summed E-state index contributed by atoms with van der Waals surface area (Å²) in [6.45, 7) is 1.92. The molecule has 1 unspecified atom stereocenters. The summed E-state index contributed by atoms with van der Waals surface area (Å²) in [5.41, 5.74) is 14.3. The Morgan fingerprint density at radius 3 is 2.42 bits per heavy atom. The number of aliphatic imine (C=N–C) groups is 1. The second-order valence-electron chi connectivity index (χ2n) is 8.40. The Bertz CT molecular complexity index is 1270. The number of hydrogen-bond acceptors (Lipinski definition) is 5. The van der Waals surface area contributed by atoms with Gasteiger partial charge in [0.2, 0.25) is 0 Å². The fraction of sp³-hybridized carbons (Fsp3) is 0.269. The number of nitrogens with zero attached hydrogens (tertiary/aromatic N) is 2. The van der Waals surface area contributed by atoms with E-state index in [0.29, 0.717) is 34.5 Å². The number of nitrogens with two attached hydrogens (primary N) is 2. The standard InChI is InChI=1S/C26H27ClF3N5O/c1-14-24(33)21(25(34-2)17-8-18(28)10-19(29)9-17)5-6-35(14)26(36)22-11-20(30)7-16(23(22)27)4-3-15(12-31)13-32/h7-14,31H,3-6,32-33H2,1-2H3/b15-13-,31-12?,34-25?. The van der Waals surface area contributed by atoms with Gasteiger partial charge >= 0.3 is 0 Å². The molecule has 2 aromatic rings. The molecule has 3 rings (SSSR count). The highest BCUT2D eigenvalue weighted by atomic mass is 35.5. The van der Waals surface area contributed by atoms with Crippen molar-refractivity contribution in [2.45, 2.75) is 32.2 Å². The zero-order valence-electron chi connectivity index (χ0n) is 19.9. The molecule has 0 saturated carbocycles. The van der Waals surface area contributed by atoms with E-state index in [2.05, 4.69) is 4.99 Å². The van der Waals surface area contributed by atoms with Crippen molar-refractivity contribution in [3.63, 3.8) is 0 Å².